The van der Waals surface area contributed by atoms with E-state index in [0.717, 1.165) is 22.7 Å². The van der Waals surface area contributed by atoms with Gasteiger partial charge in [-0.1, -0.05) is 0 Å². The molecular weight excluding hydrogens is 332 g/mol. The molecule has 0 bridgehead atoms. The third-order valence-corrected chi connectivity index (χ3v) is 3.63. The molecule has 0 atom stereocenters. The molecule has 0 saturated heterocycles. The van der Waals surface area contributed by atoms with Crippen molar-refractivity contribution in [2.75, 3.05) is 13.2 Å². The monoisotopic (exact) mass is 354 g/mol. The third-order valence-electron chi connectivity index (χ3n) is 3.63. The van der Waals surface area contributed by atoms with Crippen LogP contribution in [0.15, 0.2) is 35.7 Å². The second-order valence-corrected chi connectivity index (χ2v) is 5.62. The molecule has 0 spiro atoms. The van der Waals surface area contributed by atoms with Crippen molar-refractivity contribution in [1.29, 1.82) is 0 Å². The minimum atomic E-state index is 0.524. The van der Waals surface area contributed by atoms with E-state index in [2.05, 4.69) is 20.4 Å². The Labute approximate surface area is 152 Å². The summed E-state index contributed by atoms with van der Waals surface area (Å²) in [7, 11) is 0. The maximum Gasteiger partial charge on any atom is 0.273 e. The molecule has 0 radical (unpaired) electrons. The van der Waals surface area contributed by atoms with Crippen LogP contribution in [0.3, 0.4) is 0 Å². The van der Waals surface area contributed by atoms with Crippen LogP contribution in [-0.4, -0.2) is 44.1 Å². The van der Waals surface area contributed by atoms with E-state index in [-0.39, 0.29) is 0 Å². The minimum Gasteiger partial charge on any atom is -0.494 e. The van der Waals surface area contributed by atoms with Crippen molar-refractivity contribution in [2.45, 2.75) is 27.7 Å². The van der Waals surface area contributed by atoms with Gasteiger partial charge in [-0.3, -0.25) is 0 Å². The fourth-order valence-electron chi connectivity index (χ4n) is 2.56. The Morgan fingerprint density at radius 1 is 1.12 bits per heavy atom. The smallest absolute Gasteiger partial charge is 0.273 e. The van der Waals surface area contributed by atoms with Gasteiger partial charge in [0.15, 0.2) is 0 Å². The van der Waals surface area contributed by atoms with Gasteiger partial charge >= 0.3 is 0 Å². The molecule has 2 aromatic heterocycles. The molecule has 26 heavy (non-hydrogen) atoms. The van der Waals surface area contributed by atoms with E-state index in [0.29, 0.717) is 24.9 Å². The predicted octanol–water partition coefficient (Wildman–Crippen LogP) is 2.76. The second-order valence-electron chi connectivity index (χ2n) is 5.62. The zero-order valence-electron chi connectivity index (χ0n) is 15.4. The van der Waals surface area contributed by atoms with E-state index in [1.54, 1.807) is 15.6 Å². The zero-order chi connectivity index (χ0) is 18.5. The molecule has 0 amide bonds. The lowest BCUT2D eigenvalue weighted by Crippen LogP contribution is -2.07. The number of hydrogen-bond donors (Lipinski definition) is 0. The Bertz CT molecular complexity index is 912. The van der Waals surface area contributed by atoms with E-state index in [4.69, 9.17) is 9.47 Å². The van der Waals surface area contributed by atoms with Crippen molar-refractivity contribution < 1.29 is 9.47 Å². The largest absolute Gasteiger partial charge is 0.494 e. The van der Waals surface area contributed by atoms with Gasteiger partial charge in [-0.2, -0.15) is 14.9 Å². The molecule has 3 rings (SSSR count). The summed E-state index contributed by atoms with van der Waals surface area (Å²) >= 11 is 0. The number of aryl methyl sites for hydroxylation is 2. The van der Waals surface area contributed by atoms with Gasteiger partial charge in [-0.15, -0.1) is 10.2 Å². The first-order chi connectivity index (χ1) is 12.6. The quantitative estimate of drug-likeness (QED) is 0.610. The van der Waals surface area contributed by atoms with Gasteiger partial charge in [-0.25, -0.2) is 4.68 Å². The molecule has 0 saturated carbocycles. The molecule has 136 valence electrons. The van der Waals surface area contributed by atoms with Crippen LogP contribution in [0.5, 0.6) is 11.5 Å². The SMILES string of the molecule is CCOc1ccc(/C=N\n2cnnc2-n2nc(C)cc2C)c(OCC)c1. The summed E-state index contributed by atoms with van der Waals surface area (Å²) in [6.45, 7) is 8.94. The molecule has 1 aromatic carbocycles. The highest BCUT2D eigenvalue weighted by molar-refractivity contribution is 5.83. The predicted molar refractivity (Wildman–Crippen MR) is 98.4 cm³/mol. The molecule has 0 aliphatic heterocycles. The molecule has 2 heterocycles. The molecule has 0 aliphatic rings. The van der Waals surface area contributed by atoms with E-state index in [1.807, 2.05) is 52.0 Å². The van der Waals surface area contributed by atoms with Crippen LogP contribution >= 0.6 is 0 Å². The van der Waals surface area contributed by atoms with Crippen LogP contribution in [0.2, 0.25) is 0 Å². The molecule has 0 aliphatic carbocycles. The Hall–Kier alpha value is -3.16. The van der Waals surface area contributed by atoms with Crippen molar-refractivity contribution >= 4 is 6.21 Å². The summed E-state index contributed by atoms with van der Waals surface area (Å²) in [5.74, 6) is 2.00. The highest BCUT2D eigenvalue weighted by Crippen LogP contribution is 2.24. The average molecular weight is 354 g/mol. The topological polar surface area (TPSA) is 79.4 Å². The average Bonchev–Trinajstić information content (AvgIpc) is 3.20. The van der Waals surface area contributed by atoms with E-state index < -0.39 is 0 Å². The van der Waals surface area contributed by atoms with Crippen molar-refractivity contribution in [1.82, 2.24) is 24.7 Å². The van der Waals surface area contributed by atoms with E-state index in [9.17, 15) is 0 Å². The summed E-state index contributed by atoms with van der Waals surface area (Å²) in [5.41, 5.74) is 2.71. The zero-order valence-corrected chi connectivity index (χ0v) is 15.4. The normalized spacial score (nSPS) is 11.2. The Kier molecular flexibility index (Phi) is 5.31. The van der Waals surface area contributed by atoms with Gasteiger partial charge < -0.3 is 9.47 Å². The van der Waals surface area contributed by atoms with Crippen molar-refractivity contribution in [2.24, 2.45) is 5.10 Å². The van der Waals surface area contributed by atoms with Gasteiger partial charge in [0.2, 0.25) is 0 Å². The standard InChI is InChI=1S/C18H22N6O2/c1-5-25-16-8-7-15(17(10-16)26-6-2)11-20-23-12-19-21-18(23)24-14(4)9-13(3)22-24/h7-12H,5-6H2,1-4H3/b20-11-. The van der Waals surface area contributed by atoms with Gasteiger partial charge in [0.1, 0.15) is 17.8 Å². The lowest BCUT2D eigenvalue weighted by atomic mass is 10.2. The van der Waals surface area contributed by atoms with Crippen LogP contribution in [-0.2, 0) is 0 Å². The van der Waals surface area contributed by atoms with Gasteiger partial charge in [0.05, 0.1) is 25.1 Å². The third kappa shape index (κ3) is 3.74. The number of nitrogens with zero attached hydrogens (tertiary/aromatic N) is 6. The first kappa shape index (κ1) is 17.7. The maximum atomic E-state index is 5.70. The van der Waals surface area contributed by atoms with Crippen molar-refractivity contribution in [3.8, 4) is 17.4 Å². The molecule has 8 heteroatoms. The minimum absolute atomic E-state index is 0.524. The fraction of sp³-hybridized carbons (Fsp3) is 0.333. The lowest BCUT2D eigenvalue weighted by molar-refractivity contribution is 0.323. The second kappa shape index (κ2) is 7.81. The van der Waals surface area contributed by atoms with Crippen LogP contribution in [0, 0.1) is 13.8 Å². The molecule has 0 N–H and O–H groups in total. The molecular formula is C18H22N6O2. The summed E-state index contributed by atoms with van der Waals surface area (Å²) in [6.07, 6.45) is 3.25. The van der Waals surface area contributed by atoms with Crippen molar-refractivity contribution in [3.63, 3.8) is 0 Å². The first-order valence-electron chi connectivity index (χ1n) is 8.50. The van der Waals surface area contributed by atoms with Crippen LogP contribution in [0.4, 0.5) is 0 Å². The van der Waals surface area contributed by atoms with Gasteiger partial charge in [-0.05, 0) is 45.9 Å². The molecule has 0 unspecified atom stereocenters. The number of aromatic nitrogens is 5. The van der Waals surface area contributed by atoms with Gasteiger partial charge in [0, 0.05) is 17.3 Å². The number of ether oxygens (including phenoxy) is 2. The Morgan fingerprint density at radius 3 is 2.62 bits per heavy atom. The lowest BCUT2D eigenvalue weighted by Gasteiger charge is -2.10. The number of benzene rings is 1. The molecule has 0 fully saturated rings. The first-order valence-corrected chi connectivity index (χ1v) is 8.50. The highest BCUT2D eigenvalue weighted by atomic mass is 16.5. The van der Waals surface area contributed by atoms with Crippen molar-refractivity contribution in [3.05, 3.63) is 47.5 Å². The number of rotatable bonds is 7. The summed E-state index contributed by atoms with van der Waals surface area (Å²) in [4.78, 5) is 0. The molecule has 3 aromatic rings. The van der Waals surface area contributed by atoms with Crippen LogP contribution < -0.4 is 9.47 Å². The summed E-state index contributed by atoms with van der Waals surface area (Å²) in [6, 6.07) is 7.64. The van der Waals surface area contributed by atoms with Crippen LogP contribution in [0.1, 0.15) is 30.8 Å². The van der Waals surface area contributed by atoms with E-state index >= 15 is 0 Å². The summed E-state index contributed by atoms with van der Waals surface area (Å²) in [5, 5.41) is 17.0. The molecule has 8 nitrogen and oxygen atoms in total. The Morgan fingerprint density at radius 2 is 1.92 bits per heavy atom. The maximum absolute atomic E-state index is 5.70. The van der Waals surface area contributed by atoms with E-state index in [1.165, 1.54) is 6.33 Å². The summed E-state index contributed by atoms with van der Waals surface area (Å²) < 4.78 is 14.5. The number of hydrogen-bond acceptors (Lipinski definition) is 6. The Balaban J connectivity index is 1.91. The van der Waals surface area contributed by atoms with Gasteiger partial charge in [0.25, 0.3) is 5.95 Å². The van der Waals surface area contributed by atoms with Crippen LogP contribution in [0.25, 0.3) is 5.95 Å². The highest BCUT2D eigenvalue weighted by Gasteiger charge is 2.11. The fourth-order valence-corrected chi connectivity index (χ4v) is 2.56.